The predicted octanol–water partition coefficient (Wildman–Crippen LogP) is 6.99. The smallest absolute Gasteiger partial charge is 0.344 e. The third-order valence-corrected chi connectivity index (χ3v) is 6.87. The number of hydrogen-bond acceptors (Lipinski definition) is 6. The van der Waals surface area contributed by atoms with Gasteiger partial charge in [0, 0.05) is 12.7 Å². The van der Waals surface area contributed by atoms with E-state index >= 15 is 0 Å². The first-order valence-electron chi connectivity index (χ1n) is 12.6. The van der Waals surface area contributed by atoms with Crippen molar-refractivity contribution in [3.05, 3.63) is 98.6 Å². The fourth-order valence-electron chi connectivity index (χ4n) is 4.77. The van der Waals surface area contributed by atoms with Gasteiger partial charge in [0.2, 0.25) is 0 Å². The van der Waals surface area contributed by atoms with Crippen molar-refractivity contribution in [3.63, 3.8) is 0 Å². The van der Waals surface area contributed by atoms with Crippen LogP contribution in [0.4, 0.5) is 0 Å². The molecule has 0 aromatic heterocycles. The van der Waals surface area contributed by atoms with Crippen molar-refractivity contribution in [3.8, 4) is 11.5 Å². The number of benzene rings is 3. The molecule has 0 saturated heterocycles. The first kappa shape index (κ1) is 28.7. The van der Waals surface area contributed by atoms with Gasteiger partial charge in [-0.3, -0.25) is 0 Å². The molecule has 6 heteroatoms. The summed E-state index contributed by atoms with van der Waals surface area (Å²) >= 11 is 0. The van der Waals surface area contributed by atoms with Crippen molar-refractivity contribution in [2.75, 3.05) is 13.9 Å². The first-order chi connectivity index (χ1) is 18.2. The predicted molar refractivity (Wildman–Crippen MR) is 149 cm³/mol. The van der Waals surface area contributed by atoms with Gasteiger partial charge in [0.05, 0.1) is 11.1 Å². The van der Waals surface area contributed by atoms with Crippen molar-refractivity contribution in [2.45, 2.75) is 54.6 Å². The Hall–Kier alpha value is -3.90. The Bertz CT molecular complexity index is 1350. The normalized spacial score (nSPS) is 10.7. The molecule has 0 amide bonds. The van der Waals surface area contributed by atoms with Gasteiger partial charge in [-0.15, -0.1) is 0 Å². The van der Waals surface area contributed by atoms with Gasteiger partial charge in [0.25, 0.3) is 0 Å². The van der Waals surface area contributed by atoms with Crippen LogP contribution in [-0.4, -0.2) is 25.8 Å². The minimum atomic E-state index is -0.469. The Labute approximate surface area is 225 Å². The van der Waals surface area contributed by atoms with E-state index in [2.05, 4.69) is 6.58 Å². The second-order valence-corrected chi connectivity index (χ2v) is 9.22. The van der Waals surface area contributed by atoms with Crippen LogP contribution in [0.5, 0.6) is 11.5 Å². The summed E-state index contributed by atoms with van der Waals surface area (Å²) in [6.45, 7) is 15.4. The zero-order chi connectivity index (χ0) is 28.0. The molecular formula is C32H36O6. The Kier molecular flexibility index (Phi) is 9.48. The van der Waals surface area contributed by atoms with Crippen LogP contribution in [0.15, 0.2) is 43.0 Å². The van der Waals surface area contributed by atoms with Crippen LogP contribution in [0.25, 0.3) is 6.08 Å². The third kappa shape index (κ3) is 5.81. The second kappa shape index (κ2) is 12.6. The van der Waals surface area contributed by atoms with E-state index in [1.54, 1.807) is 6.08 Å². The minimum Gasteiger partial charge on any atom is -0.488 e. The molecule has 3 rings (SSSR count). The summed E-state index contributed by atoms with van der Waals surface area (Å²) < 4.78 is 22.3. The van der Waals surface area contributed by atoms with Gasteiger partial charge in [-0.2, -0.15) is 0 Å². The van der Waals surface area contributed by atoms with Crippen molar-refractivity contribution in [1.82, 2.24) is 0 Å². The molecule has 0 bridgehead atoms. The Balaban J connectivity index is 1.99. The quantitative estimate of drug-likeness (QED) is 0.164. The number of hydrogen-bond donors (Lipinski definition) is 0. The molecule has 0 heterocycles. The Morgan fingerprint density at radius 2 is 1.58 bits per heavy atom. The zero-order valence-corrected chi connectivity index (χ0v) is 23.3. The fraction of sp³-hybridized carbons (Fsp3) is 0.312. The van der Waals surface area contributed by atoms with Crippen LogP contribution < -0.4 is 9.47 Å². The fourth-order valence-corrected chi connectivity index (χ4v) is 4.77. The molecule has 3 aromatic rings. The van der Waals surface area contributed by atoms with E-state index in [4.69, 9.17) is 18.9 Å². The lowest BCUT2D eigenvalue weighted by Gasteiger charge is -2.22. The summed E-state index contributed by atoms with van der Waals surface area (Å²) in [7, 11) is 1.46. The molecule has 6 nitrogen and oxygen atoms in total. The molecule has 0 aliphatic carbocycles. The van der Waals surface area contributed by atoms with Gasteiger partial charge < -0.3 is 18.9 Å². The summed E-state index contributed by atoms with van der Waals surface area (Å²) in [6, 6.07) is 11.7. The lowest BCUT2D eigenvalue weighted by atomic mass is 9.91. The number of carbonyl (C=O) groups excluding carboxylic acids is 2. The SMILES string of the molecule is C=Cc1c(OCc2ccccc2)cc(C)c(C(=O)Oc2c(C)c(C)c(C(=O)OCOC)c(C)c2CC)c1C. The van der Waals surface area contributed by atoms with Crippen molar-refractivity contribution in [2.24, 2.45) is 0 Å². The molecule has 0 radical (unpaired) electrons. The number of esters is 2. The molecule has 0 spiro atoms. The molecule has 0 saturated carbocycles. The maximum Gasteiger partial charge on any atom is 0.344 e. The Morgan fingerprint density at radius 1 is 0.895 bits per heavy atom. The van der Waals surface area contributed by atoms with E-state index in [0.717, 1.165) is 33.4 Å². The van der Waals surface area contributed by atoms with Gasteiger partial charge in [0.15, 0.2) is 6.79 Å². The largest absolute Gasteiger partial charge is 0.488 e. The first-order valence-corrected chi connectivity index (χ1v) is 12.6. The monoisotopic (exact) mass is 516 g/mol. The van der Waals surface area contributed by atoms with Crippen LogP contribution >= 0.6 is 0 Å². The number of methoxy groups -OCH3 is 1. The molecule has 38 heavy (non-hydrogen) atoms. The van der Waals surface area contributed by atoms with E-state index in [9.17, 15) is 9.59 Å². The van der Waals surface area contributed by atoms with Crippen LogP contribution in [0.2, 0.25) is 0 Å². The highest BCUT2D eigenvalue weighted by molar-refractivity contribution is 5.97. The number of ether oxygens (including phenoxy) is 4. The zero-order valence-electron chi connectivity index (χ0n) is 23.3. The van der Waals surface area contributed by atoms with E-state index in [-0.39, 0.29) is 6.79 Å². The van der Waals surface area contributed by atoms with E-state index in [1.807, 2.05) is 77.9 Å². The third-order valence-electron chi connectivity index (χ3n) is 6.87. The number of aryl methyl sites for hydroxylation is 1. The summed E-state index contributed by atoms with van der Waals surface area (Å²) in [6.07, 6.45) is 2.27. The van der Waals surface area contributed by atoms with E-state index < -0.39 is 11.9 Å². The highest BCUT2D eigenvalue weighted by atomic mass is 16.7. The molecule has 0 unspecified atom stereocenters. The summed E-state index contributed by atoms with van der Waals surface area (Å²) in [5, 5.41) is 0. The van der Waals surface area contributed by atoms with Gasteiger partial charge in [-0.1, -0.05) is 49.9 Å². The molecular weight excluding hydrogens is 480 g/mol. The number of rotatable bonds is 10. The van der Waals surface area contributed by atoms with Crippen LogP contribution in [0.3, 0.4) is 0 Å². The lowest BCUT2D eigenvalue weighted by molar-refractivity contribution is -0.0126. The molecule has 0 aliphatic rings. The molecule has 0 atom stereocenters. The molecule has 0 aliphatic heterocycles. The lowest BCUT2D eigenvalue weighted by Crippen LogP contribution is -2.18. The highest BCUT2D eigenvalue weighted by Crippen LogP contribution is 2.36. The maximum absolute atomic E-state index is 13.6. The number of carbonyl (C=O) groups is 2. The van der Waals surface area contributed by atoms with Crippen molar-refractivity contribution in [1.29, 1.82) is 0 Å². The standard InChI is InChI=1S/C32H36O6/c1-9-25-22(6)28(19(3)16-27(25)36-17-24-14-12-11-13-15-24)32(34)38-30-21(5)20(4)29(23(7)26(30)10-2)31(33)37-18-35-8/h9,11-16H,1,10,17-18H2,2-8H3. The molecule has 3 aromatic carbocycles. The topological polar surface area (TPSA) is 71.1 Å². The van der Waals surface area contributed by atoms with Crippen LogP contribution in [0.1, 0.15) is 72.1 Å². The minimum absolute atomic E-state index is 0.135. The van der Waals surface area contributed by atoms with E-state index in [0.29, 0.717) is 46.8 Å². The summed E-state index contributed by atoms with van der Waals surface area (Å²) in [4.78, 5) is 26.3. The van der Waals surface area contributed by atoms with Gasteiger partial charge >= 0.3 is 11.9 Å². The van der Waals surface area contributed by atoms with Gasteiger partial charge in [-0.25, -0.2) is 9.59 Å². The Morgan fingerprint density at radius 3 is 2.18 bits per heavy atom. The van der Waals surface area contributed by atoms with Crippen LogP contribution in [-0.2, 0) is 22.5 Å². The maximum atomic E-state index is 13.6. The summed E-state index contributed by atoms with van der Waals surface area (Å²) in [5.41, 5.74) is 7.13. The molecule has 0 N–H and O–H groups in total. The van der Waals surface area contributed by atoms with Crippen LogP contribution in [0, 0.1) is 34.6 Å². The highest BCUT2D eigenvalue weighted by Gasteiger charge is 2.26. The van der Waals surface area contributed by atoms with Gasteiger partial charge in [0.1, 0.15) is 18.1 Å². The van der Waals surface area contributed by atoms with E-state index in [1.165, 1.54) is 7.11 Å². The van der Waals surface area contributed by atoms with Crippen molar-refractivity contribution < 1.29 is 28.5 Å². The summed E-state index contributed by atoms with van der Waals surface area (Å²) in [5.74, 6) is 0.195. The molecule has 0 fully saturated rings. The average Bonchev–Trinajstić information content (AvgIpc) is 2.90. The van der Waals surface area contributed by atoms with Crippen molar-refractivity contribution >= 4 is 18.0 Å². The second-order valence-electron chi connectivity index (χ2n) is 9.22. The average molecular weight is 517 g/mol. The molecule has 200 valence electrons. The van der Waals surface area contributed by atoms with Gasteiger partial charge in [-0.05, 0) is 86.1 Å².